The zero-order valence-corrected chi connectivity index (χ0v) is 20.1. The molecule has 0 fully saturated rings. The summed E-state index contributed by atoms with van der Waals surface area (Å²) < 4.78 is 15.9. The third-order valence-electron chi connectivity index (χ3n) is 5.18. The van der Waals surface area contributed by atoms with E-state index in [4.69, 9.17) is 14.2 Å². The first-order valence-corrected chi connectivity index (χ1v) is 11.3. The van der Waals surface area contributed by atoms with Gasteiger partial charge in [-0.25, -0.2) is 0 Å². The maximum Gasteiger partial charge on any atom is 0.308 e. The smallest absolute Gasteiger partial charge is 0.308 e. The molecule has 0 aliphatic carbocycles. The van der Waals surface area contributed by atoms with E-state index < -0.39 is 11.9 Å². The first kappa shape index (κ1) is 25.1. The van der Waals surface area contributed by atoms with Crippen molar-refractivity contribution < 1.29 is 33.4 Å². The van der Waals surface area contributed by atoms with Gasteiger partial charge in [-0.15, -0.1) is 0 Å². The maximum absolute atomic E-state index is 12.8. The monoisotopic (exact) mass is 494 g/mol. The summed E-state index contributed by atoms with van der Waals surface area (Å²) >= 11 is 0. The van der Waals surface area contributed by atoms with Gasteiger partial charge in [0.15, 0.2) is 11.6 Å². The van der Waals surface area contributed by atoms with Gasteiger partial charge in [0.05, 0.1) is 0 Å². The Morgan fingerprint density at radius 1 is 0.459 bits per heavy atom. The van der Waals surface area contributed by atoms with Crippen LogP contribution in [0.15, 0.2) is 97.1 Å². The number of ketones is 2. The fraction of sp³-hybridized carbons (Fsp3) is 0.0667. The molecule has 0 N–H and O–H groups in total. The minimum absolute atomic E-state index is 0.221. The zero-order valence-electron chi connectivity index (χ0n) is 20.1. The molecule has 4 aromatic rings. The van der Waals surface area contributed by atoms with Gasteiger partial charge >= 0.3 is 11.9 Å². The van der Waals surface area contributed by atoms with Crippen molar-refractivity contribution >= 4 is 23.5 Å². The van der Waals surface area contributed by atoms with Gasteiger partial charge in [-0.3, -0.25) is 19.2 Å². The number of hydrogen-bond acceptors (Lipinski definition) is 7. The maximum atomic E-state index is 12.8. The van der Waals surface area contributed by atoms with Crippen LogP contribution in [0.2, 0.25) is 0 Å². The molecule has 0 radical (unpaired) electrons. The summed E-state index contributed by atoms with van der Waals surface area (Å²) in [7, 11) is 0. The van der Waals surface area contributed by atoms with Gasteiger partial charge in [0.25, 0.3) is 0 Å². The number of ether oxygens (including phenoxy) is 3. The van der Waals surface area contributed by atoms with Crippen molar-refractivity contribution in [3.8, 4) is 23.0 Å². The van der Waals surface area contributed by atoms with E-state index >= 15 is 0 Å². The first-order valence-electron chi connectivity index (χ1n) is 11.3. The van der Waals surface area contributed by atoms with Crippen LogP contribution in [0.4, 0.5) is 0 Å². The third-order valence-corrected chi connectivity index (χ3v) is 5.18. The van der Waals surface area contributed by atoms with Crippen molar-refractivity contribution in [1.29, 1.82) is 0 Å². The molecular weight excluding hydrogens is 472 g/mol. The Labute approximate surface area is 213 Å². The average Bonchev–Trinajstić information content (AvgIpc) is 2.88. The highest BCUT2D eigenvalue weighted by Gasteiger charge is 2.13. The van der Waals surface area contributed by atoms with Crippen LogP contribution in [0.1, 0.15) is 45.7 Å². The van der Waals surface area contributed by atoms with Crippen LogP contribution in [-0.4, -0.2) is 23.5 Å². The molecule has 0 bridgehead atoms. The topological polar surface area (TPSA) is 96.0 Å². The van der Waals surface area contributed by atoms with Crippen molar-refractivity contribution in [2.75, 3.05) is 0 Å². The van der Waals surface area contributed by atoms with Gasteiger partial charge in [0, 0.05) is 36.1 Å². The highest BCUT2D eigenvalue weighted by Crippen LogP contribution is 2.25. The van der Waals surface area contributed by atoms with Crippen molar-refractivity contribution in [1.82, 2.24) is 0 Å². The minimum Gasteiger partial charge on any atom is -0.457 e. The van der Waals surface area contributed by atoms with Crippen LogP contribution >= 0.6 is 0 Å². The molecule has 0 atom stereocenters. The number of rotatable bonds is 8. The number of carbonyl (C=O) groups excluding carboxylic acids is 4. The summed E-state index contributed by atoms with van der Waals surface area (Å²) in [5, 5.41) is 0. The Morgan fingerprint density at radius 3 is 1.19 bits per heavy atom. The molecule has 0 spiro atoms. The molecule has 0 saturated heterocycles. The fourth-order valence-corrected chi connectivity index (χ4v) is 3.55. The predicted molar refractivity (Wildman–Crippen MR) is 135 cm³/mol. The molecule has 0 aromatic heterocycles. The molecule has 0 amide bonds. The van der Waals surface area contributed by atoms with Crippen molar-refractivity contribution in [2.24, 2.45) is 0 Å². The van der Waals surface area contributed by atoms with Crippen LogP contribution in [0, 0.1) is 0 Å². The number of esters is 2. The molecule has 0 aliphatic rings. The largest absolute Gasteiger partial charge is 0.457 e. The van der Waals surface area contributed by atoms with Gasteiger partial charge in [-0.2, -0.15) is 0 Å². The minimum atomic E-state index is -0.461. The molecule has 0 aliphatic heterocycles. The number of hydrogen-bond donors (Lipinski definition) is 0. The molecule has 4 aromatic carbocycles. The van der Waals surface area contributed by atoms with E-state index in [0.717, 1.165) is 0 Å². The van der Waals surface area contributed by atoms with Crippen molar-refractivity contribution in [3.63, 3.8) is 0 Å². The molecular formula is C30H22O7. The van der Waals surface area contributed by atoms with Crippen LogP contribution < -0.4 is 14.2 Å². The molecule has 0 unspecified atom stereocenters. The van der Waals surface area contributed by atoms with Gasteiger partial charge in [0.1, 0.15) is 23.0 Å². The summed E-state index contributed by atoms with van der Waals surface area (Å²) in [5.41, 5.74) is 1.69. The summed E-state index contributed by atoms with van der Waals surface area (Å²) in [6, 6.07) is 26.1. The van der Waals surface area contributed by atoms with Crippen LogP contribution in [0.5, 0.6) is 23.0 Å². The summed E-state index contributed by atoms with van der Waals surface area (Å²) in [6.45, 7) is 2.59. The molecule has 37 heavy (non-hydrogen) atoms. The SMILES string of the molecule is CC(=O)Oc1cccc(C(=O)c2ccc(Oc3ccc(C(=O)c4cccc(OC(C)=O)c4)cc3)cc2)c1. The lowest BCUT2D eigenvalue weighted by molar-refractivity contribution is -0.132. The molecule has 7 heteroatoms. The molecule has 0 heterocycles. The van der Waals surface area contributed by atoms with Crippen LogP contribution in [0.25, 0.3) is 0 Å². The summed E-state index contributed by atoms with van der Waals surface area (Å²) in [5.74, 6) is 0.266. The van der Waals surface area contributed by atoms with Crippen molar-refractivity contribution in [2.45, 2.75) is 13.8 Å². The number of carbonyl (C=O) groups is 4. The van der Waals surface area contributed by atoms with E-state index in [9.17, 15) is 19.2 Å². The van der Waals surface area contributed by atoms with E-state index in [-0.39, 0.29) is 11.6 Å². The van der Waals surface area contributed by atoms with E-state index in [2.05, 4.69) is 0 Å². The Bertz CT molecular complexity index is 1360. The highest BCUT2D eigenvalue weighted by molar-refractivity contribution is 6.10. The first-order chi connectivity index (χ1) is 17.8. The van der Waals surface area contributed by atoms with Gasteiger partial charge in [-0.1, -0.05) is 24.3 Å². The lowest BCUT2D eigenvalue weighted by Gasteiger charge is -2.09. The van der Waals surface area contributed by atoms with Crippen LogP contribution in [-0.2, 0) is 9.59 Å². The standard InChI is InChI=1S/C30H22O7/c1-19(31)35-27-7-3-5-23(17-27)29(33)21-9-13-25(14-10-21)37-26-15-11-22(12-16-26)30(34)24-6-4-8-28(18-24)36-20(2)32/h3-18H,1-2H3. The fourth-order valence-electron chi connectivity index (χ4n) is 3.55. The average molecular weight is 494 g/mol. The summed E-state index contributed by atoms with van der Waals surface area (Å²) in [6.07, 6.45) is 0. The highest BCUT2D eigenvalue weighted by atomic mass is 16.5. The van der Waals surface area contributed by atoms with Crippen LogP contribution in [0.3, 0.4) is 0 Å². The second-order valence-corrected chi connectivity index (χ2v) is 8.05. The summed E-state index contributed by atoms with van der Waals surface area (Å²) in [4.78, 5) is 47.9. The van der Waals surface area contributed by atoms with E-state index in [1.807, 2.05) is 0 Å². The molecule has 7 nitrogen and oxygen atoms in total. The van der Waals surface area contributed by atoms with Gasteiger partial charge < -0.3 is 14.2 Å². The lowest BCUT2D eigenvalue weighted by atomic mass is 10.0. The second kappa shape index (κ2) is 11.1. The normalized spacial score (nSPS) is 10.3. The van der Waals surface area contributed by atoms with Gasteiger partial charge in [0.2, 0.25) is 0 Å². The second-order valence-electron chi connectivity index (χ2n) is 8.05. The van der Waals surface area contributed by atoms with E-state index in [1.165, 1.54) is 26.0 Å². The lowest BCUT2D eigenvalue weighted by Crippen LogP contribution is -2.05. The molecule has 184 valence electrons. The Hall–Kier alpha value is -5.04. The Morgan fingerprint density at radius 2 is 0.838 bits per heavy atom. The number of benzene rings is 4. The Kier molecular flexibility index (Phi) is 7.54. The van der Waals surface area contributed by atoms with Gasteiger partial charge in [-0.05, 0) is 72.8 Å². The molecule has 0 saturated carbocycles. The third kappa shape index (κ3) is 6.55. The van der Waals surface area contributed by atoms with E-state index in [1.54, 1.807) is 84.9 Å². The van der Waals surface area contributed by atoms with Crippen molar-refractivity contribution in [3.05, 3.63) is 119 Å². The molecule has 4 rings (SSSR count). The van der Waals surface area contributed by atoms with E-state index in [0.29, 0.717) is 45.3 Å². The Balaban J connectivity index is 1.42. The quantitative estimate of drug-likeness (QED) is 0.174. The predicted octanol–water partition coefficient (Wildman–Crippen LogP) is 5.79. The zero-order chi connectivity index (χ0) is 26.4.